The van der Waals surface area contributed by atoms with Crippen LogP contribution in [0.15, 0.2) is 22.8 Å². The van der Waals surface area contributed by atoms with Crippen molar-refractivity contribution in [3.05, 3.63) is 34.5 Å². The van der Waals surface area contributed by atoms with Gasteiger partial charge >= 0.3 is 0 Å². The van der Waals surface area contributed by atoms with Gasteiger partial charge in [-0.2, -0.15) is 0 Å². The van der Waals surface area contributed by atoms with Crippen LogP contribution in [0.1, 0.15) is 27.9 Å². The zero-order chi connectivity index (χ0) is 18.1. The molecule has 0 saturated heterocycles. The first-order valence-electron chi connectivity index (χ1n) is 8.01. The molecule has 0 fully saturated rings. The van der Waals surface area contributed by atoms with E-state index in [9.17, 15) is 4.79 Å². The average Bonchev–Trinajstić information content (AvgIpc) is 3.22. The number of furan rings is 1. The van der Waals surface area contributed by atoms with Crippen LogP contribution >= 0.6 is 11.3 Å². The lowest BCUT2D eigenvalue weighted by Gasteiger charge is -2.24. The summed E-state index contributed by atoms with van der Waals surface area (Å²) in [6.07, 6.45) is 1.60. The maximum atomic E-state index is 12.9. The highest BCUT2D eigenvalue weighted by atomic mass is 32.1. The van der Waals surface area contributed by atoms with E-state index in [0.29, 0.717) is 23.1 Å². The monoisotopic (exact) mass is 359 g/mol. The highest BCUT2D eigenvalue weighted by Gasteiger charge is 2.24. The molecular weight excluding hydrogens is 338 g/mol. The van der Waals surface area contributed by atoms with E-state index in [1.807, 2.05) is 26.8 Å². The molecule has 1 amide bonds. The Kier molecular flexibility index (Phi) is 4.87. The summed E-state index contributed by atoms with van der Waals surface area (Å²) in [5.74, 6) is 1.13. The van der Waals surface area contributed by atoms with Crippen molar-refractivity contribution in [3.8, 4) is 11.6 Å². The van der Waals surface area contributed by atoms with Crippen molar-refractivity contribution in [1.82, 2.24) is 14.9 Å². The lowest BCUT2D eigenvalue weighted by atomic mass is 10.1. The van der Waals surface area contributed by atoms with Gasteiger partial charge in [0, 0.05) is 19.5 Å². The second-order valence-corrected chi connectivity index (χ2v) is 7.07. The summed E-state index contributed by atoms with van der Waals surface area (Å²) < 4.78 is 10.5. The summed E-state index contributed by atoms with van der Waals surface area (Å²) in [4.78, 5) is 25.2. The van der Waals surface area contributed by atoms with Crippen molar-refractivity contribution in [2.75, 3.05) is 20.8 Å². The number of ether oxygens (including phenoxy) is 1. The Morgan fingerprint density at radius 1 is 1.40 bits per heavy atom. The number of thiophene rings is 1. The van der Waals surface area contributed by atoms with Gasteiger partial charge in [0.05, 0.1) is 29.5 Å². The van der Waals surface area contributed by atoms with Gasteiger partial charge in [0.2, 0.25) is 0 Å². The van der Waals surface area contributed by atoms with Gasteiger partial charge in [0.25, 0.3) is 5.91 Å². The molecule has 6 nitrogen and oxygen atoms in total. The van der Waals surface area contributed by atoms with E-state index in [0.717, 1.165) is 21.5 Å². The normalized spacial score (nSPS) is 12.5. The number of hydrogen-bond acceptors (Lipinski definition) is 6. The summed E-state index contributed by atoms with van der Waals surface area (Å²) in [6.45, 7) is 6.34. The number of nitrogens with zero attached hydrogens (tertiary/aromatic N) is 3. The first-order chi connectivity index (χ1) is 11.9. The van der Waals surface area contributed by atoms with Crippen LogP contribution < -0.4 is 0 Å². The molecular formula is C18H21N3O3S. The summed E-state index contributed by atoms with van der Waals surface area (Å²) >= 11 is 1.40. The van der Waals surface area contributed by atoms with Gasteiger partial charge in [-0.05, 0) is 38.5 Å². The second-order valence-electron chi connectivity index (χ2n) is 6.07. The first-order valence-corrected chi connectivity index (χ1v) is 8.83. The van der Waals surface area contributed by atoms with Crippen LogP contribution in [0.5, 0.6) is 0 Å². The van der Waals surface area contributed by atoms with Crippen molar-refractivity contribution in [2.24, 2.45) is 0 Å². The predicted molar refractivity (Wildman–Crippen MR) is 98.0 cm³/mol. The minimum absolute atomic E-state index is 0.00651. The van der Waals surface area contributed by atoms with Crippen molar-refractivity contribution in [2.45, 2.75) is 26.8 Å². The molecule has 1 atom stereocenters. The molecule has 0 radical (unpaired) electrons. The molecule has 0 unspecified atom stereocenters. The zero-order valence-corrected chi connectivity index (χ0v) is 15.8. The molecule has 3 heterocycles. The van der Waals surface area contributed by atoms with Gasteiger partial charge in [-0.15, -0.1) is 11.3 Å². The Morgan fingerprint density at radius 3 is 2.80 bits per heavy atom. The van der Waals surface area contributed by atoms with Gasteiger partial charge < -0.3 is 14.1 Å². The molecule has 0 spiro atoms. The van der Waals surface area contributed by atoms with E-state index in [1.165, 1.54) is 11.3 Å². The van der Waals surface area contributed by atoms with Gasteiger partial charge in [0.15, 0.2) is 11.6 Å². The Labute approximate surface area is 150 Å². The third-order valence-electron chi connectivity index (χ3n) is 4.30. The zero-order valence-electron chi connectivity index (χ0n) is 15.0. The van der Waals surface area contributed by atoms with Crippen LogP contribution in [-0.2, 0) is 4.74 Å². The molecule has 3 rings (SSSR count). The topological polar surface area (TPSA) is 68.5 Å². The molecule has 25 heavy (non-hydrogen) atoms. The summed E-state index contributed by atoms with van der Waals surface area (Å²) in [5.41, 5.74) is 1.77. The molecule has 3 aromatic rings. The summed E-state index contributed by atoms with van der Waals surface area (Å²) in [7, 11) is 3.43. The van der Waals surface area contributed by atoms with E-state index in [2.05, 4.69) is 9.97 Å². The SMILES string of the molecule is COC[C@@H](C)N(C)C(=O)c1sc2nc(-c3ccco3)nc(C)c2c1C. The molecule has 3 aromatic heterocycles. The molecule has 0 aromatic carbocycles. The standard InChI is InChI=1S/C18H21N3O3S/c1-10(9-23-5)21(4)18(22)15-11(2)14-12(3)19-16(20-17(14)25-15)13-7-6-8-24-13/h6-8,10H,9H2,1-5H3/t10-/m1/s1. The highest BCUT2D eigenvalue weighted by Crippen LogP contribution is 2.33. The second kappa shape index (κ2) is 6.93. The van der Waals surface area contributed by atoms with Gasteiger partial charge in [-0.25, -0.2) is 9.97 Å². The molecule has 7 heteroatoms. The van der Waals surface area contributed by atoms with Crippen molar-refractivity contribution < 1.29 is 13.9 Å². The Balaban J connectivity index is 2.04. The quantitative estimate of drug-likeness (QED) is 0.695. The van der Waals surface area contributed by atoms with Gasteiger partial charge in [0.1, 0.15) is 4.83 Å². The number of likely N-dealkylation sites (N-methyl/N-ethyl adjacent to an activating group) is 1. The van der Waals surface area contributed by atoms with Crippen LogP contribution in [0.25, 0.3) is 21.8 Å². The maximum Gasteiger partial charge on any atom is 0.264 e. The largest absolute Gasteiger partial charge is 0.461 e. The predicted octanol–water partition coefficient (Wildman–Crippen LogP) is 3.68. The number of aromatic nitrogens is 2. The van der Waals surface area contributed by atoms with Crippen molar-refractivity contribution in [3.63, 3.8) is 0 Å². The van der Waals surface area contributed by atoms with Crippen LogP contribution in [0.4, 0.5) is 0 Å². The van der Waals surface area contributed by atoms with Crippen molar-refractivity contribution in [1.29, 1.82) is 0 Å². The van der Waals surface area contributed by atoms with E-state index in [1.54, 1.807) is 31.4 Å². The minimum Gasteiger partial charge on any atom is -0.461 e. The third-order valence-corrected chi connectivity index (χ3v) is 5.47. The maximum absolute atomic E-state index is 12.9. The molecule has 0 aliphatic heterocycles. The molecule has 0 saturated carbocycles. The van der Waals surface area contributed by atoms with Gasteiger partial charge in [-0.3, -0.25) is 4.79 Å². The van der Waals surface area contributed by atoms with E-state index < -0.39 is 0 Å². The fraction of sp³-hybridized carbons (Fsp3) is 0.389. The molecule has 132 valence electrons. The van der Waals surface area contributed by atoms with Crippen molar-refractivity contribution >= 4 is 27.5 Å². The lowest BCUT2D eigenvalue weighted by Crippen LogP contribution is -2.37. The highest BCUT2D eigenvalue weighted by molar-refractivity contribution is 7.20. The van der Waals surface area contributed by atoms with E-state index in [-0.39, 0.29) is 11.9 Å². The first kappa shape index (κ1) is 17.6. The molecule has 0 N–H and O–H groups in total. The molecule has 0 aliphatic rings. The van der Waals surface area contributed by atoms with Crippen LogP contribution in [0, 0.1) is 13.8 Å². The number of rotatable bonds is 5. The summed E-state index contributed by atoms with van der Waals surface area (Å²) in [6, 6.07) is 3.62. The number of amides is 1. The molecule has 0 aliphatic carbocycles. The Morgan fingerprint density at radius 2 is 2.16 bits per heavy atom. The van der Waals surface area contributed by atoms with Crippen LogP contribution in [0.3, 0.4) is 0 Å². The average molecular weight is 359 g/mol. The number of fused-ring (bicyclic) bond motifs is 1. The lowest BCUT2D eigenvalue weighted by molar-refractivity contribution is 0.0637. The van der Waals surface area contributed by atoms with E-state index in [4.69, 9.17) is 9.15 Å². The fourth-order valence-corrected chi connectivity index (χ4v) is 3.99. The smallest absolute Gasteiger partial charge is 0.264 e. The Hall–Kier alpha value is -2.25. The molecule has 0 bridgehead atoms. The number of methoxy groups -OCH3 is 1. The Bertz CT molecular complexity index is 902. The van der Waals surface area contributed by atoms with Crippen LogP contribution in [-0.4, -0.2) is 47.6 Å². The number of carbonyl (C=O) groups is 1. The third kappa shape index (κ3) is 3.17. The van der Waals surface area contributed by atoms with Gasteiger partial charge in [-0.1, -0.05) is 0 Å². The fourth-order valence-electron chi connectivity index (χ4n) is 2.77. The van der Waals surface area contributed by atoms with Crippen LogP contribution in [0.2, 0.25) is 0 Å². The minimum atomic E-state index is -0.0241. The van der Waals surface area contributed by atoms with E-state index >= 15 is 0 Å². The number of hydrogen-bond donors (Lipinski definition) is 0. The summed E-state index contributed by atoms with van der Waals surface area (Å²) in [5, 5.41) is 0.941. The number of aryl methyl sites for hydroxylation is 2. The number of carbonyl (C=O) groups excluding carboxylic acids is 1.